The number of hydrogen-bond donors (Lipinski definition) is 1. The van der Waals surface area contributed by atoms with E-state index >= 15 is 0 Å². The number of amides is 1. The molecule has 1 saturated heterocycles. The minimum Gasteiger partial charge on any atom is -0.340 e. The van der Waals surface area contributed by atoms with Crippen molar-refractivity contribution in [3.63, 3.8) is 0 Å². The number of carbonyl (C=O) groups excluding carboxylic acids is 1. The second-order valence-corrected chi connectivity index (χ2v) is 8.00. The maximum absolute atomic E-state index is 12.7. The van der Waals surface area contributed by atoms with Gasteiger partial charge in [0.2, 0.25) is 5.91 Å². The van der Waals surface area contributed by atoms with Crippen molar-refractivity contribution < 1.29 is 4.79 Å². The molecule has 1 amide bonds. The Balaban J connectivity index is 1.83. The molecule has 1 saturated carbocycles. The Kier molecular flexibility index (Phi) is 5.67. The van der Waals surface area contributed by atoms with Gasteiger partial charge in [0.1, 0.15) is 0 Å². The van der Waals surface area contributed by atoms with E-state index in [1.54, 1.807) is 0 Å². The van der Waals surface area contributed by atoms with Gasteiger partial charge in [-0.2, -0.15) is 0 Å². The topological polar surface area (TPSA) is 49.6 Å². The Bertz CT molecular complexity index is 336. The number of carbonyl (C=O) groups is 1. The van der Waals surface area contributed by atoms with Gasteiger partial charge in [0.25, 0.3) is 0 Å². The highest BCUT2D eigenvalue weighted by Gasteiger charge is 2.31. The van der Waals surface area contributed by atoms with Gasteiger partial charge >= 0.3 is 0 Å². The Morgan fingerprint density at radius 2 is 1.71 bits per heavy atom. The molecule has 0 aromatic heterocycles. The van der Waals surface area contributed by atoms with Crippen LogP contribution in [0.25, 0.3) is 0 Å². The van der Waals surface area contributed by atoms with Crippen LogP contribution in [-0.4, -0.2) is 54.5 Å². The first-order chi connectivity index (χ1) is 9.90. The lowest BCUT2D eigenvalue weighted by molar-refractivity contribution is -0.138. The van der Waals surface area contributed by atoms with Crippen LogP contribution in [0.4, 0.5) is 0 Å². The monoisotopic (exact) mass is 295 g/mol. The van der Waals surface area contributed by atoms with E-state index in [9.17, 15) is 4.79 Å². The SMILES string of the molecule is CC(C)(C)CC(CN)C(=O)N1CCN(C2CCCC2)CC1. The lowest BCUT2D eigenvalue weighted by Crippen LogP contribution is -2.53. The summed E-state index contributed by atoms with van der Waals surface area (Å²) in [4.78, 5) is 17.3. The number of hydrogen-bond acceptors (Lipinski definition) is 3. The molecule has 0 bridgehead atoms. The van der Waals surface area contributed by atoms with E-state index < -0.39 is 0 Å². The van der Waals surface area contributed by atoms with Gasteiger partial charge in [-0.05, 0) is 24.7 Å². The third-order valence-electron chi connectivity index (χ3n) is 4.96. The molecular weight excluding hydrogens is 262 g/mol. The predicted octanol–water partition coefficient (Wildman–Crippen LogP) is 2.08. The van der Waals surface area contributed by atoms with Crippen LogP contribution in [0.5, 0.6) is 0 Å². The molecule has 1 unspecified atom stereocenters. The molecule has 122 valence electrons. The Morgan fingerprint density at radius 3 is 2.19 bits per heavy atom. The zero-order chi connectivity index (χ0) is 15.5. The maximum atomic E-state index is 12.7. The summed E-state index contributed by atoms with van der Waals surface area (Å²) in [5.41, 5.74) is 6.01. The fraction of sp³-hybridized carbons (Fsp3) is 0.941. The molecule has 1 aliphatic heterocycles. The van der Waals surface area contributed by atoms with Crippen LogP contribution in [0.3, 0.4) is 0 Å². The Morgan fingerprint density at radius 1 is 1.14 bits per heavy atom. The van der Waals surface area contributed by atoms with E-state index in [0.29, 0.717) is 6.54 Å². The predicted molar refractivity (Wildman–Crippen MR) is 87.0 cm³/mol. The molecule has 0 radical (unpaired) electrons. The van der Waals surface area contributed by atoms with Crippen LogP contribution in [0.2, 0.25) is 0 Å². The molecule has 0 aromatic rings. The second kappa shape index (κ2) is 7.10. The largest absolute Gasteiger partial charge is 0.340 e. The number of nitrogens with zero attached hydrogens (tertiary/aromatic N) is 2. The minimum atomic E-state index is -0.0111. The molecule has 2 rings (SSSR count). The average molecular weight is 295 g/mol. The number of rotatable bonds is 4. The van der Waals surface area contributed by atoms with Gasteiger partial charge in [0.15, 0.2) is 0 Å². The van der Waals surface area contributed by atoms with Crippen molar-refractivity contribution in [1.82, 2.24) is 9.80 Å². The Hall–Kier alpha value is -0.610. The molecule has 0 spiro atoms. The van der Waals surface area contributed by atoms with E-state index in [1.165, 1.54) is 25.7 Å². The van der Waals surface area contributed by atoms with E-state index in [-0.39, 0.29) is 17.2 Å². The van der Waals surface area contributed by atoms with E-state index in [4.69, 9.17) is 5.73 Å². The highest BCUT2D eigenvalue weighted by Crippen LogP contribution is 2.27. The normalized spacial score (nSPS) is 23.5. The van der Waals surface area contributed by atoms with Crippen molar-refractivity contribution in [1.29, 1.82) is 0 Å². The van der Waals surface area contributed by atoms with Crippen LogP contribution in [0.15, 0.2) is 0 Å². The maximum Gasteiger partial charge on any atom is 0.227 e. The van der Waals surface area contributed by atoms with Crippen molar-refractivity contribution in [2.75, 3.05) is 32.7 Å². The summed E-state index contributed by atoms with van der Waals surface area (Å²) >= 11 is 0. The van der Waals surface area contributed by atoms with Gasteiger partial charge < -0.3 is 10.6 Å². The van der Waals surface area contributed by atoms with Crippen LogP contribution in [0, 0.1) is 11.3 Å². The molecule has 2 fully saturated rings. The van der Waals surface area contributed by atoms with Crippen molar-refractivity contribution in [3.05, 3.63) is 0 Å². The second-order valence-electron chi connectivity index (χ2n) is 8.00. The van der Waals surface area contributed by atoms with Crippen LogP contribution in [0.1, 0.15) is 52.9 Å². The standard InChI is InChI=1S/C17H33N3O/c1-17(2,3)12-14(13-18)16(21)20-10-8-19(9-11-20)15-6-4-5-7-15/h14-15H,4-13,18H2,1-3H3. The molecule has 1 aliphatic carbocycles. The highest BCUT2D eigenvalue weighted by atomic mass is 16.2. The minimum absolute atomic E-state index is 0.0111. The van der Waals surface area contributed by atoms with Crippen molar-refractivity contribution in [3.8, 4) is 0 Å². The molecule has 21 heavy (non-hydrogen) atoms. The van der Waals surface area contributed by atoms with E-state index in [0.717, 1.165) is 38.6 Å². The van der Waals surface area contributed by atoms with Crippen molar-refractivity contribution >= 4 is 5.91 Å². The lowest BCUT2D eigenvalue weighted by Gasteiger charge is -2.39. The third kappa shape index (κ3) is 4.68. The zero-order valence-electron chi connectivity index (χ0n) is 14.1. The van der Waals surface area contributed by atoms with Crippen LogP contribution in [-0.2, 0) is 4.79 Å². The molecule has 2 aliphatic rings. The average Bonchev–Trinajstić information content (AvgIpc) is 2.97. The van der Waals surface area contributed by atoms with Gasteiger partial charge in [-0.25, -0.2) is 0 Å². The van der Waals surface area contributed by atoms with Gasteiger partial charge in [0.05, 0.1) is 5.92 Å². The van der Waals surface area contributed by atoms with Crippen LogP contribution >= 0.6 is 0 Å². The fourth-order valence-corrected chi connectivity index (χ4v) is 3.85. The first-order valence-corrected chi connectivity index (χ1v) is 8.63. The van der Waals surface area contributed by atoms with E-state index in [2.05, 4.69) is 30.6 Å². The fourth-order valence-electron chi connectivity index (χ4n) is 3.85. The van der Waals surface area contributed by atoms with Crippen molar-refractivity contribution in [2.45, 2.75) is 58.9 Å². The molecule has 1 atom stereocenters. The summed E-state index contributed by atoms with van der Waals surface area (Å²) < 4.78 is 0. The smallest absolute Gasteiger partial charge is 0.227 e. The Labute approximate surface area is 130 Å². The summed E-state index contributed by atoms with van der Waals surface area (Å²) in [6.07, 6.45) is 6.34. The molecule has 1 heterocycles. The summed E-state index contributed by atoms with van der Waals surface area (Å²) in [6.45, 7) is 10.9. The van der Waals surface area contributed by atoms with Gasteiger partial charge in [0, 0.05) is 38.8 Å². The third-order valence-corrected chi connectivity index (χ3v) is 4.96. The quantitative estimate of drug-likeness (QED) is 0.864. The highest BCUT2D eigenvalue weighted by molar-refractivity contribution is 5.79. The molecular formula is C17H33N3O. The lowest BCUT2D eigenvalue weighted by atomic mass is 9.84. The first kappa shape index (κ1) is 16.8. The summed E-state index contributed by atoms with van der Waals surface area (Å²) in [5.74, 6) is 0.265. The summed E-state index contributed by atoms with van der Waals surface area (Å²) in [5, 5.41) is 0. The summed E-state index contributed by atoms with van der Waals surface area (Å²) in [6, 6.07) is 0.780. The number of nitrogens with two attached hydrogens (primary N) is 1. The molecule has 4 nitrogen and oxygen atoms in total. The van der Waals surface area contributed by atoms with Gasteiger partial charge in [-0.3, -0.25) is 9.69 Å². The summed E-state index contributed by atoms with van der Waals surface area (Å²) in [7, 11) is 0. The van der Waals surface area contributed by atoms with Gasteiger partial charge in [-0.15, -0.1) is 0 Å². The molecule has 2 N–H and O–H groups in total. The molecule has 0 aromatic carbocycles. The number of piperazine rings is 1. The van der Waals surface area contributed by atoms with E-state index in [1.807, 2.05) is 0 Å². The molecule has 4 heteroatoms. The zero-order valence-corrected chi connectivity index (χ0v) is 14.1. The van der Waals surface area contributed by atoms with Crippen LogP contribution < -0.4 is 5.73 Å². The van der Waals surface area contributed by atoms with Gasteiger partial charge in [-0.1, -0.05) is 33.6 Å². The first-order valence-electron chi connectivity index (χ1n) is 8.63. The van der Waals surface area contributed by atoms with Crippen molar-refractivity contribution in [2.24, 2.45) is 17.1 Å².